The lowest BCUT2D eigenvalue weighted by molar-refractivity contribution is -0.385. The van der Waals surface area contributed by atoms with Gasteiger partial charge in [0.25, 0.3) is 5.91 Å². The van der Waals surface area contributed by atoms with Gasteiger partial charge in [-0.25, -0.2) is 0 Å². The van der Waals surface area contributed by atoms with E-state index in [1.165, 1.54) is 12.1 Å². The van der Waals surface area contributed by atoms with Crippen molar-refractivity contribution in [1.82, 2.24) is 0 Å². The van der Waals surface area contributed by atoms with Crippen LogP contribution >= 0.6 is 0 Å². The number of nitrogens with zero attached hydrogens (tertiary/aromatic N) is 2. The average molecular weight is 356 g/mol. The number of carbonyl (C=O) groups is 1. The molecule has 0 aliphatic carbocycles. The Morgan fingerprint density at radius 2 is 2.08 bits per heavy atom. The number of carbonyl (C=O) groups excluding carboxylic acids is 1. The number of nitro benzene ring substituents is 1. The molecule has 2 aromatic carbocycles. The molecule has 0 saturated carbocycles. The van der Waals surface area contributed by atoms with E-state index < -0.39 is 4.92 Å². The topological polar surface area (TPSA) is 81.9 Å². The molecule has 136 valence electrons. The molecule has 0 aromatic heterocycles. The Balaban J connectivity index is 1.99. The van der Waals surface area contributed by atoms with Gasteiger partial charge in [-0.3, -0.25) is 14.9 Å². The van der Waals surface area contributed by atoms with Gasteiger partial charge in [0.15, 0.2) is 5.75 Å². The minimum atomic E-state index is -0.538. The van der Waals surface area contributed by atoms with Gasteiger partial charge in [0.05, 0.1) is 23.8 Å². The molecule has 2 aromatic rings. The summed E-state index contributed by atoms with van der Waals surface area (Å²) in [7, 11) is 0. The normalized spacial score (nSPS) is 15.8. The number of rotatable bonds is 5. The second kappa shape index (κ2) is 7.43. The van der Waals surface area contributed by atoms with Crippen molar-refractivity contribution in [3.8, 4) is 11.5 Å². The van der Waals surface area contributed by atoms with Crippen molar-refractivity contribution in [2.75, 3.05) is 18.1 Å². The Morgan fingerprint density at radius 3 is 2.77 bits per heavy atom. The van der Waals surface area contributed by atoms with Gasteiger partial charge < -0.3 is 14.4 Å². The molecule has 0 fully saturated rings. The summed E-state index contributed by atoms with van der Waals surface area (Å²) in [6, 6.07) is 11.6. The highest BCUT2D eigenvalue weighted by Gasteiger charge is 2.30. The number of ether oxygens (including phenoxy) is 2. The molecule has 1 aliphatic heterocycles. The Hall–Kier alpha value is -3.09. The van der Waals surface area contributed by atoms with E-state index in [-0.39, 0.29) is 29.0 Å². The largest absolute Gasteiger partial charge is 0.487 e. The van der Waals surface area contributed by atoms with E-state index in [4.69, 9.17) is 9.47 Å². The highest BCUT2D eigenvalue weighted by Crippen LogP contribution is 2.35. The monoisotopic (exact) mass is 356 g/mol. The van der Waals surface area contributed by atoms with Crippen molar-refractivity contribution in [2.45, 2.75) is 26.4 Å². The Bertz CT molecular complexity index is 836. The van der Waals surface area contributed by atoms with E-state index in [0.717, 1.165) is 6.42 Å². The summed E-state index contributed by atoms with van der Waals surface area (Å²) < 4.78 is 11.2. The molecule has 0 N–H and O–H groups in total. The maximum Gasteiger partial charge on any atom is 0.311 e. The van der Waals surface area contributed by atoms with Gasteiger partial charge in [0, 0.05) is 11.6 Å². The van der Waals surface area contributed by atoms with E-state index >= 15 is 0 Å². The van der Waals surface area contributed by atoms with Crippen LogP contribution in [0.25, 0.3) is 0 Å². The number of fused-ring (bicyclic) bond motifs is 1. The van der Waals surface area contributed by atoms with Gasteiger partial charge in [-0.2, -0.15) is 0 Å². The zero-order chi connectivity index (χ0) is 18.7. The third kappa shape index (κ3) is 3.33. The molecule has 3 rings (SSSR count). The van der Waals surface area contributed by atoms with Crippen molar-refractivity contribution in [1.29, 1.82) is 0 Å². The summed E-state index contributed by atoms with van der Waals surface area (Å²) >= 11 is 0. The van der Waals surface area contributed by atoms with Gasteiger partial charge in [0.2, 0.25) is 0 Å². The summed E-state index contributed by atoms with van der Waals surface area (Å²) in [5.74, 6) is 0.493. The molecular weight excluding hydrogens is 336 g/mol. The minimum absolute atomic E-state index is 0.119. The van der Waals surface area contributed by atoms with Crippen LogP contribution in [0.5, 0.6) is 11.5 Å². The lowest BCUT2D eigenvalue weighted by atomic mass is 10.1. The van der Waals surface area contributed by atoms with E-state index in [9.17, 15) is 14.9 Å². The molecule has 0 bridgehead atoms. The minimum Gasteiger partial charge on any atom is -0.487 e. The maximum atomic E-state index is 13.1. The van der Waals surface area contributed by atoms with Crippen LogP contribution in [-0.2, 0) is 0 Å². The zero-order valence-corrected chi connectivity index (χ0v) is 14.7. The highest BCUT2D eigenvalue weighted by atomic mass is 16.6. The van der Waals surface area contributed by atoms with Crippen LogP contribution in [0.3, 0.4) is 0 Å². The number of hydrogen-bond acceptors (Lipinski definition) is 5. The number of hydrogen-bond donors (Lipinski definition) is 0. The second-order valence-electron chi connectivity index (χ2n) is 5.90. The molecular formula is C19H20N2O5. The van der Waals surface area contributed by atoms with Crippen LogP contribution in [0.15, 0.2) is 42.5 Å². The molecule has 7 heteroatoms. The number of para-hydroxylation sites is 2. The molecule has 7 nitrogen and oxygen atoms in total. The van der Waals surface area contributed by atoms with Crippen LogP contribution < -0.4 is 14.4 Å². The van der Waals surface area contributed by atoms with E-state index in [1.807, 2.05) is 31.2 Å². The number of amides is 1. The molecule has 1 amide bonds. The summed E-state index contributed by atoms with van der Waals surface area (Å²) in [4.78, 5) is 25.5. The molecule has 1 aliphatic rings. The highest BCUT2D eigenvalue weighted by molar-refractivity contribution is 6.07. The molecule has 0 saturated heterocycles. The zero-order valence-electron chi connectivity index (χ0n) is 14.7. The van der Waals surface area contributed by atoms with Gasteiger partial charge in [-0.05, 0) is 37.6 Å². The Kier molecular flexibility index (Phi) is 5.06. The molecule has 1 heterocycles. The van der Waals surface area contributed by atoms with Crippen LogP contribution in [0.2, 0.25) is 0 Å². The van der Waals surface area contributed by atoms with E-state index in [2.05, 4.69) is 0 Å². The maximum absolute atomic E-state index is 13.1. The predicted molar refractivity (Wildman–Crippen MR) is 97.1 cm³/mol. The quantitative estimate of drug-likeness (QED) is 0.601. The third-order valence-electron chi connectivity index (χ3n) is 4.24. The van der Waals surface area contributed by atoms with Crippen molar-refractivity contribution in [2.24, 2.45) is 0 Å². The predicted octanol–water partition coefficient (Wildman–Crippen LogP) is 3.81. The summed E-state index contributed by atoms with van der Waals surface area (Å²) in [6.45, 7) is 4.44. The molecule has 1 atom stereocenters. The lowest BCUT2D eigenvalue weighted by Crippen LogP contribution is -2.43. The first-order valence-electron chi connectivity index (χ1n) is 8.54. The number of nitro groups is 1. The number of anilines is 1. The smallest absolute Gasteiger partial charge is 0.311 e. The standard InChI is InChI=1S/C19H20N2O5/c1-3-14-12-20(15-7-5-6-8-18(15)26-14)19(22)13-9-10-17(25-4-2)16(11-13)21(23)24/h5-11,14H,3-4,12H2,1-2H3. The molecule has 0 spiro atoms. The van der Waals surface area contributed by atoms with Crippen molar-refractivity contribution >= 4 is 17.3 Å². The fourth-order valence-corrected chi connectivity index (χ4v) is 2.93. The van der Waals surface area contributed by atoms with E-state index in [0.29, 0.717) is 24.6 Å². The van der Waals surface area contributed by atoms with Crippen LogP contribution in [-0.4, -0.2) is 30.1 Å². The Labute approximate surface area is 151 Å². The fraction of sp³-hybridized carbons (Fsp3) is 0.316. The number of benzene rings is 2. The van der Waals surface area contributed by atoms with Gasteiger partial charge in [-0.1, -0.05) is 19.1 Å². The van der Waals surface area contributed by atoms with Crippen LogP contribution in [0, 0.1) is 10.1 Å². The van der Waals surface area contributed by atoms with Crippen molar-refractivity contribution in [3.05, 3.63) is 58.1 Å². The summed E-state index contributed by atoms with van der Waals surface area (Å²) in [5, 5.41) is 11.3. The Morgan fingerprint density at radius 1 is 1.31 bits per heavy atom. The first-order valence-corrected chi connectivity index (χ1v) is 8.54. The second-order valence-corrected chi connectivity index (χ2v) is 5.90. The fourth-order valence-electron chi connectivity index (χ4n) is 2.93. The average Bonchev–Trinajstić information content (AvgIpc) is 2.66. The van der Waals surface area contributed by atoms with Crippen molar-refractivity contribution < 1.29 is 19.2 Å². The van der Waals surface area contributed by atoms with Gasteiger partial charge in [-0.15, -0.1) is 0 Å². The third-order valence-corrected chi connectivity index (χ3v) is 4.24. The van der Waals surface area contributed by atoms with Gasteiger partial charge in [0.1, 0.15) is 11.9 Å². The van der Waals surface area contributed by atoms with Gasteiger partial charge >= 0.3 is 5.69 Å². The summed E-state index contributed by atoms with van der Waals surface area (Å²) in [6.07, 6.45) is 0.633. The van der Waals surface area contributed by atoms with E-state index in [1.54, 1.807) is 17.9 Å². The van der Waals surface area contributed by atoms with Crippen LogP contribution in [0.4, 0.5) is 11.4 Å². The molecule has 26 heavy (non-hydrogen) atoms. The first kappa shape index (κ1) is 17.7. The van der Waals surface area contributed by atoms with Crippen LogP contribution in [0.1, 0.15) is 30.6 Å². The summed E-state index contributed by atoms with van der Waals surface area (Å²) in [5.41, 5.74) is 0.691. The lowest BCUT2D eigenvalue weighted by Gasteiger charge is -2.34. The molecule has 0 radical (unpaired) electrons. The van der Waals surface area contributed by atoms with Crippen molar-refractivity contribution in [3.63, 3.8) is 0 Å². The first-order chi connectivity index (χ1) is 12.5. The SMILES string of the molecule is CCOc1ccc(C(=O)N2CC(CC)Oc3ccccc32)cc1[N+](=O)[O-]. The molecule has 1 unspecified atom stereocenters.